The van der Waals surface area contributed by atoms with Crippen LogP contribution in [0.25, 0.3) is 0 Å². The molecule has 0 bridgehead atoms. The minimum absolute atomic E-state index is 0.366. The second-order valence-corrected chi connectivity index (χ2v) is 5.94. The standard InChI is InChI=1S/C19H24N2/c1-15-8-6-7-11-18(15)19(16-9-4-3-5-10-16)21-13-12-17(14-21)20-2/h3-11,17,19-20H,12-14H2,1-2H3. The molecule has 1 fully saturated rings. The van der Waals surface area contributed by atoms with Crippen LogP contribution >= 0.6 is 0 Å². The fourth-order valence-corrected chi connectivity index (χ4v) is 3.37. The number of benzene rings is 2. The summed E-state index contributed by atoms with van der Waals surface area (Å²) in [5, 5.41) is 3.42. The van der Waals surface area contributed by atoms with E-state index in [0.717, 1.165) is 13.1 Å². The van der Waals surface area contributed by atoms with E-state index in [0.29, 0.717) is 12.1 Å². The highest BCUT2D eigenvalue weighted by Gasteiger charge is 2.29. The Bertz CT molecular complexity index is 579. The van der Waals surface area contributed by atoms with Gasteiger partial charge in [0.25, 0.3) is 0 Å². The van der Waals surface area contributed by atoms with Crippen LogP contribution in [0.5, 0.6) is 0 Å². The summed E-state index contributed by atoms with van der Waals surface area (Å²) in [5.74, 6) is 0. The quantitative estimate of drug-likeness (QED) is 0.923. The summed E-state index contributed by atoms with van der Waals surface area (Å²) >= 11 is 0. The first-order valence-corrected chi connectivity index (χ1v) is 7.81. The summed E-state index contributed by atoms with van der Waals surface area (Å²) in [7, 11) is 2.07. The van der Waals surface area contributed by atoms with Crippen molar-refractivity contribution in [2.45, 2.75) is 25.4 Å². The second kappa shape index (κ2) is 6.42. The number of hydrogen-bond donors (Lipinski definition) is 1. The van der Waals surface area contributed by atoms with Gasteiger partial charge in [0.15, 0.2) is 0 Å². The van der Waals surface area contributed by atoms with Crippen molar-refractivity contribution in [2.75, 3.05) is 20.1 Å². The summed E-state index contributed by atoms with van der Waals surface area (Å²) in [6, 6.07) is 20.7. The second-order valence-electron chi connectivity index (χ2n) is 5.94. The summed E-state index contributed by atoms with van der Waals surface area (Å²) < 4.78 is 0. The van der Waals surface area contributed by atoms with Crippen molar-refractivity contribution in [3.8, 4) is 0 Å². The number of aryl methyl sites for hydroxylation is 1. The molecule has 1 N–H and O–H groups in total. The molecule has 1 aliphatic rings. The number of likely N-dealkylation sites (N-methyl/N-ethyl adjacent to an activating group) is 1. The number of rotatable bonds is 4. The van der Waals surface area contributed by atoms with Crippen LogP contribution in [0.1, 0.15) is 29.2 Å². The molecule has 2 unspecified atom stereocenters. The SMILES string of the molecule is CNC1CCN(C(c2ccccc2)c2ccccc2C)C1. The van der Waals surface area contributed by atoms with Crippen LogP contribution in [0.15, 0.2) is 54.6 Å². The third kappa shape index (κ3) is 3.02. The Morgan fingerprint density at radius 2 is 1.76 bits per heavy atom. The monoisotopic (exact) mass is 280 g/mol. The zero-order chi connectivity index (χ0) is 14.7. The molecule has 2 aromatic rings. The molecule has 3 rings (SSSR count). The van der Waals surface area contributed by atoms with Crippen LogP contribution in [0, 0.1) is 6.92 Å². The van der Waals surface area contributed by atoms with E-state index in [1.165, 1.54) is 23.1 Å². The number of nitrogens with one attached hydrogen (secondary N) is 1. The van der Waals surface area contributed by atoms with E-state index in [9.17, 15) is 0 Å². The van der Waals surface area contributed by atoms with Crippen molar-refractivity contribution in [3.05, 3.63) is 71.3 Å². The van der Waals surface area contributed by atoms with Crippen molar-refractivity contribution >= 4 is 0 Å². The maximum absolute atomic E-state index is 3.42. The van der Waals surface area contributed by atoms with E-state index in [2.05, 4.69) is 78.8 Å². The molecule has 1 saturated heterocycles. The lowest BCUT2D eigenvalue weighted by atomic mass is 9.94. The van der Waals surface area contributed by atoms with Gasteiger partial charge in [-0.1, -0.05) is 54.6 Å². The molecule has 21 heavy (non-hydrogen) atoms. The maximum atomic E-state index is 3.42. The molecule has 0 saturated carbocycles. The highest BCUT2D eigenvalue weighted by atomic mass is 15.2. The van der Waals surface area contributed by atoms with Gasteiger partial charge in [0.2, 0.25) is 0 Å². The lowest BCUT2D eigenvalue weighted by molar-refractivity contribution is 0.273. The van der Waals surface area contributed by atoms with Gasteiger partial charge < -0.3 is 5.32 Å². The zero-order valence-electron chi connectivity index (χ0n) is 12.9. The first kappa shape index (κ1) is 14.3. The van der Waals surface area contributed by atoms with E-state index in [4.69, 9.17) is 0 Å². The van der Waals surface area contributed by atoms with Crippen molar-refractivity contribution < 1.29 is 0 Å². The summed E-state index contributed by atoms with van der Waals surface area (Å²) in [5.41, 5.74) is 4.20. The summed E-state index contributed by atoms with van der Waals surface area (Å²) in [6.45, 7) is 4.49. The van der Waals surface area contributed by atoms with E-state index >= 15 is 0 Å². The van der Waals surface area contributed by atoms with Crippen molar-refractivity contribution in [3.63, 3.8) is 0 Å². The number of likely N-dealkylation sites (tertiary alicyclic amines) is 1. The van der Waals surface area contributed by atoms with Gasteiger partial charge in [-0.05, 0) is 37.1 Å². The Morgan fingerprint density at radius 1 is 1.05 bits per heavy atom. The van der Waals surface area contributed by atoms with E-state index in [-0.39, 0.29) is 0 Å². The molecule has 1 aliphatic heterocycles. The third-order valence-electron chi connectivity index (χ3n) is 4.59. The van der Waals surface area contributed by atoms with Gasteiger partial charge in [0, 0.05) is 19.1 Å². The first-order chi connectivity index (χ1) is 10.3. The van der Waals surface area contributed by atoms with Gasteiger partial charge in [-0.25, -0.2) is 0 Å². The Hall–Kier alpha value is -1.64. The summed E-state index contributed by atoms with van der Waals surface area (Å²) in [6.07, 6.45) is 1.23. The molecule has 0 aromatic heterocycles. The molecule has 0 aliphatic carbocycles. The van der Waals surface area contributed by atoms with Gasteiger partial charge in [0.05, 0.1) is 6.04 Å². The molecule has 2 atom stereocenters. The predicted octanol–water partition coefficient (Wildman–Crippen LogP) is 3.38. The van der Waals surface area contributed by atoms with Crippen LogP contribution in [0.4, 0.5) is 0 Å². The number of hydrogen-bond acceptors (Lipinski definition) is 2. The minimum atomic E-state index is 0.366. The van der Waals surface area contributed by atoms with Crippen LogP contribution < -0.4 is 5.32 Å². The maximum Gasteiger partial charge on any atom is 0.0604 e. The fraction of sp³-hybridized carbons (Fsp3) is 0.368. The molecule has 110 valence electrons. The van der Waals surface area contributed by atoms with Gasteiger partial charge in [0.1, 0.15) is 0 Å². The lowest BCUT2D eigenvalue weighted by Crippen LogP contribution is -2.32. The van der Waals surface area contributed by atoms with E-state index < -0.39 is 0 Å². The molecular formula is C19H24N2. The Balaban J connectivity index is 1.98. The third-order valence-corrected chi connectivity index (χ3v) is 4.59. The molecule has 0 radical (unpaired) electrons. The van der Waals surface area contributed by atoms with Crippen molar-refractivity contribution in [1.82, 2.24) is 10.2 Å². The zero-order valence-corrected chi connectivity index (χ0v) is 12.9. The van der Waals surface area contributed by atoms with Crippen LogP contribution in [-0.4, -0.2) is 31.1 Å². The molecule has 2 nitrogen and oxygen atoms in total. The van der Waals surface area contributed by atoms with Crippen LogP contribution in [0.2, 0.25) is 0 Å². The van der Waals surface area contributed by atoms with Crippen LogP contribution in [0.3, 0.4) is 0 Å². The minimum Gasteiger partial charge on any atom is -0.316 e. The Kier molecular flexibility index (Phi) is 4.37. The molecule has 1 heterocycles. The smallest absolute Gasteiger partial charge is 0.0604 e. The average Bonchev–Trinajstić information content (AvgIpc) is 2.99. The Morgan fingerprint density at radius 3 is 2.43 bits per heavy atom. The average molecular weight is 280 g/mol. The molecule has 2 aromatic carbocycles. The molecule has 2 heteroatoms. The molecule has 0 amide bonds. The van der Waals surface area contributed by atoms with Gasteiger partial charge >= 0.3 is 0 Å². The van der Waals surface area contributed by atoms with Crippen molar-refractivity contribution in [1.29, 1.82) is 0 Å². The Labute approximate surface area is 127 Å². The lowest BCUT2D eigenvalue weighted by Gasteiger charge is -2.30. The summed E-state index contributed by atoms with van der Waals surface area (Å²) in [4.78, 5) is 2.61. The highest BCUT2D eigenvalue weighted by molar-refractivity contribution is 5.37. The van der Waals surface area contributed by atoms with Gasteiger partial charge in [-0.3, -0.25) is 4.90 Å². The van der Waals surface area contributed by atoms with Gasteiger partial charge in [-0.2, -0.15) is 0 Å². The first-order valence-electron chi connectivity index (χ1n) is 7.81. The largest absolute Gasteiger partial charge is 0.316 e. The highest BCUT2D eigenvalue weighted by Crippen LogP contribution is 2.33. The van der Waals surface area contributed by atoms with Crippen LogP contribution in [-0.2, 0) is 0 Å². The fourth-order valence-electron chi connectivity index (χ4n) is 3.37. The topological polar surface area (TPSA) is 15.3 Å². The number of nitrogens with zero attached hydrogens (tertiary/aromatic N) is 1. The van der Waals surface area contributed by atoms with E-state index in [1.54, 1.807) is 0 Å². The van der Waals surface area contributed by atoms with Gasteiger partial charge in [-0.15, -0.1) is 0 Å². The predicted molar refractivity (Wildman–Crippen MR) is 88.5 cm³/mol. The van der Waals surface area contributed by atoms with E-state index in [1.807, 2.05) is 0 Å². The molecule has 0 spiro atoms. The normalized spacial score (nSPS) is 20.6. The molecular weight excluding hydrogens is 256 g/mol. The van der Waals surface area contributed by atoms with Crippen molar-refractivity contribution in [2.24, 2.45) is 0 Å².